The molecule has 7 heteroatoms. The maximum absolute atomic E-state index is 12.4. The largest absolute Gasteiger partial charge is 0.253 e. The van der Waals surface area contributed by atoms with E-state index in [0.29, 0.717) is 27.5 Å². The third-order valence-electron chi connectivity index (χ3n) is 2.22. The zero-order valence-corrected chi connectivity index (χ0v) is 13.7. The molecule has 1 aromatic heterocycles. The summed E-state index contributed by atoms with van der Waals surface area (Å²) < 4.78 is 27.3. The highest BCUT2D eigenvalue weighted by molar-refractivity contribution is 9.10. The lowest BCUT2D eigenvalue weighted by molar-refractivity contribution is 0.355. The molecule has 3 nitrogen and oxygen atoms in total. The zero-order chi connectivity index (χ0) is 13.1. The molecule has 0 saturated carbocycles. The molecule has 0 amide bonds. The summed E-state index contributed by atoms with van der Waals surface area (Å²) in [6.07, 6.45) is 0.655. The van der Waals surface area contributed by atoms with Crippen molar-refractivity contribution in [2.45, 2.75) is 30.5 Å². The topological polar surface area (TPSA) is 37.4 Å². The number of sulfonamides is 1. The van der Waals surface area contributed by atoms with Gasteiger partial charge in [0.2, 0.25) is 0 Å². The number of rotatable bonds is 6. The van der Waals surface area contributed by atoms with Crippen LogP contribution < -0.4 is 0 Å². The summed E-state index contributed by atoms with van der Waals surface area (Å²) in [5.74, 6) is 0.463. The van der Waals surface area contributed by atoms with Gasteiger partial charge in [-0.05, 0) is 47.6 Å². The third-order valence-corrected chi connectivity index (χ3v) is 7.21. The first-order valence-corrected chi connectivity index (χ1v) is 8.86. The van der Waals surface area contributed by atoms with E-state index in [4.69, 9.17) is 11.6 Å². The molecule has 0 aliphatic heterocycles. The predicted octanol–water partition coefficient (Wildman–Crippen LogP) is 3.54. The summed E-state index contributed by atoms with van der Waals surface area (Å²) in [4.78, 5) is 0. The lowest BCUT2D eigenvalue weighted by Gasteiger charge is -2.25. The number of thiophene rings is 1. The van der Waals surface area contributed by atoms with Gasteiger partial charge in [0.1, 0.15) is 4.21 Å². The highest BCUT2D eigenvalue weighted by atomic mass is 79.9. The van der Waals surface area contributed by atoms with Gasteiger partial charge in [-0.25, -0.2) is 8.42 Å². The fraction of sp³-hybridized carbons (Fsp3) is 0.600. The quantitative estimate of drug-likeness (QED) is 0.728. The Morgan fingerprint density at radius 1 is 1.53 bits per heavy atom. The van der Waals surface area contributed by atoms with E-state index < -0.39 is 10.0 Å². The van der Waals surface area contributed by atoms with Gasteiger partial charge in [-0.15, -0.1) is 22.9 Å². The molecule has 17 heavy (non-hydrogen) atoms. The monoisotopic (exact) mass is 359 g/mol. The molecule has 1 aromatic rings. The van der Waals surface area contributed by atoms with Crippen molar-refractivity contribution in [3.05, 3.63) is 15.9 Å². The van der Waals surface area contributed by atoms with Gasteiger partial charge < -0.3 is 0 Å². The van der Waals surface area contributed by atoms with E-state index in [9.17, 15) is 8.42 Å². The normalized spacial score (nSPS) is 12.6. The van der Waals surface area contributed by atoms with Crippen LogP contribution in [-0.2, 0) is 10.0 Å². The van der Waals surface area contributed by atoms with E-state index in [1.165, 1.54) is 15.6 Å². The van der Waals surface area contributed by atoms with Gasteiger partial charge in [-0.1, -0.05) is 0 Å². The van der Waals surface area contributed by atoms with E-state index in [1.54, 1.807) is 11.4 Å². The van der Waals surface area contributed by atoms with E-state index in [1.807, 2.05) is 13.8 Å². The number of hydrogen-bond donors (Lipinski definition) is 0. The summed E-state index contributed by atoms with van der Waals surface area (Å²) >= 11 is 10.1. The van der Waals surface area contributed by atoms with Crippen LogP contribution in [0.3, 0.4) is 0 Å². The summed E-state index contributed by atoms with van der Waals surface area (Å²) in [5, 5.41) is 1.76. The second-order valence-corrected chi connectivity index (χ2v) is 8.04. The van der Waals surface area contributed by atoms with Crippen LogP contribution in [0, 0.1) is 0 Å². The molecule has 0 aromatic carbocycles. The van der Waals surface area contributed by atoms with Crippen LogP contribution in [0.1, 0.15) is 20.3 Å². The van der Waals surface area contributed by atoms with Crippen LogP contribution in [0.2, 0.25) is 0 Å². The molecule has 0 aliphatic rings. The Labute approximate surface area is 120 Å². The number of hydrogen-bond acceptors (Lipinski definition) is 3. The van der Waals surface area contributed by atoms with Crippen molar-refractivity contribution in [2.24, 2.45) is 0 Å². The van der Waals surface area contributed by atoms with Crippen LogP contribution in [0.15, 0.2) is 20.1 Å². The molecule has 0 fully saturated rings. The van der Waals surface area contributed by atoms with Crippen LogP contribution in [0.25, 0.3) is 0 Å². The van der Waals surface area contributed by atoms with Gasteiger partial charge in [0, 0.05) is 22.9 Å². The molecule has 0 aliphatic carbocycles. The Bertz CT molecular complexity index is 459. The lowest BCUT2D eigenvalue weighted by atomic mass is 10.4. The highest BCUT2D eigenvalue weighted by Gasteiger charge is 2.29. The van der Waals surface area contributed by atoms with Gasteiger partial charge >= 0.3 is 0 Å². The predicted molar refractivity (Wildman–Crippen MR) is 76.4 cm³/mol. The maximum Gasteiger partial charge on any atom is 0.253 e. The van der Waals surface area contributed by atoms with Gasteiger partial charge in [0.05, 0.1) is 0 Å². The average molecular weight is 361 g/mol. The molecule has 0 spiro atoms. The van der Waals surface area contributed by atoms with Gasteiger partial charge in [-0.3, -0.25) is 0 Å². The molecular weight excluding hydrogens is 346 g/mol. The molecule has 1 heterocycles. The Hall–Kier alpha value is 0.380. The molecular formula is C10H15BrClNO2S2. The smallest absolute Gasteiger partial charge is 0.206 e. The molecule has 0 saturated heterocycles. The molecule has 0 radical (unpaired) electrons. The minimum atomic E-state index is -3.41. The molecule has 0 atom stereocenters. The average Bonchev–Trinajstić information content (AvgIpc) is 2.64. The van der Waals surface area contributed by atoms with E-state index in [-0.39, 0.29) is 6.04 Å². The molecule has 0 bridgehead atoms. The van der Waals surface area contributed by atoms with E-state index in [2.05, 4.69) is 15.9 Å². The summed E-state index contributed by atoms with van der Waals surface area (Å²) in [6.45, 7) is 4.19. The number of halogens is 2. The fourth-order valence-electron chi connectivity index (χ4n) is 1.44. The van der Waals surface area contributed by atoms with Crippen LogP contribution in [-0.4, -0.2) is 31.2 Å². The first-order chi connectivity index (χ1) is 7.91. The lowest BCUT2D eigenvalue weighted by Crippen LogP contribution is -2.37. The van der Waals surface area contributed by atoms with Crippen molar-refractivity contribution in [1.82, 2.24) is 4.31 Å². The van der Waals surface area contributed by atoms with Gasteiger partial charge in [-0.2, -0.15) is 4.31 Å². The molecule has 1 rings (SSSR count). The van der Waals surface area contributed by atoms with Crippen LogP contribution >= 0.6 is 38.9 Å². The fourth-order valence-corrected chi connectivity index (χ4v) is 5.66. The SMILES string of the molecule is CC(C)N(CCCCl)S(=O)(=O)c1sccc1Br. The minimum Gasteiger partial charge on any atom is -0.206 e. The van der Waals surface area contributed by atoms with Crippen molar-refractivity contribution >= 4 is 48.9 Å². The van der Waals surface area contributed by atoms with Crippen LogP contribution in [0.5, 0.6) is 0 Å². The molecule has 98 valence electrons. The molecule has 0 N–H and O–H groups in total. The zero-order valence-electron chi connectivity index (χ0n) is 9.69. The van der Waals surface area contributed by atoms with Crippen LogP contribution in [0.4, 0.5) is 0 Å². The Morgan fingerprint density at radius 3 is 2.59 bits per heavy atom. The van der Waals surface area contributed by atoms with Crippen molar-refractivity contribution < 1.29 is 8.42 Å². The van der Waals surface area contributed by atoms with E-state index >= 15 is 0 Å². The Balaban J connectivity index is 3.05. The second-order valence-electron chi connectivity index (χ2n) is 3.81. The summed E-state index contributed by atoms with van der Waals surface area (Å²) in [6, 6.07) is 1.68. The summed E-state index contributed by atoms with van der Waals surface area (Å²) in [7, 11) is -3.41. The Morgan fingerprint density at radius 2 is 2.18 bits per heavy atom. The van der Waals surface area contributed by atoms with Crippen molar-refractivity contribution in [1.29, 1.82) is 0 Å². The molecule has 0 unspecified atom stereocenters. The number of nitrogens with zero attached hydrogens (tertiary/aromatic N) is 1. The van der Waals surface area contributed by atoms with Gasteiger partial charge in [0.25, 0.3) is 10.0 Å². The maximum atomic E-state index is 12.4. The Kier molecular flexibility index (Phi) is 5.92. The first kappa shape index (κ1) is 15.4. The second kappa shape index (κ2) is 6.52. The van der Waals surface area contributed by atoms with Crippen molar-refractivity contribution in [2.75, 3.05) is 12.4 Å². The summed E-state index contributed by atoms with van der Waals surface area (Å²) in [5.41, 5.74) is 0. The highest BCUT2D eigenvalue weighted by Crippen LogP contribution is 2.31. The van der Waals surface area contributed by atoms with Crippen molar-refractivity contribution in [3.63, 3.8) is 0 Å². The third kappa shape index (κ3) is 3.67. The standard InChI is InChI=1S/C10H15BrClNO2S2/c1-8(2)13(6-3-5-12)17(14,15)10-9(11)4-7-16-10/h4,7-8H,3,5-6H2,1-2H3. The number of alkyl halides is 1. The minimum absolute atomic E-state index is 0.0720. The van der Waals surface area contributed by atoms with Crippen molar-refractivity contribution in [3.8, 4) is 0 Å². The van der Waals surface area contributed by atoms with Gasteiger partial charge in [0.15, 0.2) is 0 Å². The van der Waals surface area contributed by atoms with E-state index in [0.717, 1.165) is 0 Å². The first-order valence-electron chi connectivity index (χ1n) is 5.22.